The largest absolute Gasteiger partial charge is 0.505 e. The van der Waals surface area contributed by atoms with Crippen LogP contribution in [0.1, 0.15) is 44.9 Å². The van der Waals surface area contributed by atoms with Gasteiger partial charge in [0.15, 0.2) is 5.75 Å². The number of hydrogen-bond acceptors (Lipinski definition) is 8. The van der Waals surface area contributed by atoms with Crippen LogP contribution < -0.4 is 25.8 Å². The number of hydrogen-bond donors (Lipinski definition) is 4. The van der Waals surface area contributed by atoms with Gasteiger partial charge in [-0.15, -0.1) is 5.11 Å². The number of carbonyl (C=O) groups excluding carboxylic acids is 3. The number of phenols is 1. The van der Waals surface area contributed by atoms with Crippen LogP contribution in [0, 0.1) is 0 Å². The number of benzene rings is 5. The van der Waals surface area contributed by atoms with Gasteiger partial charge < -0.3 is 30.9 Å². The van der Waals surface area contributed by atoms with Crippen LogP contribution in [-0.2, 0) is 0 Å². The summed E-state index contributed by atoms with van der Waals surface area (Å²) in [6, 6.07) is 26.4. The van der Waals surface area contributed by atoms with Crippen molar-refractivity contribution in [3.63, 3.8) is 0 Å². The van der Waals surface area contributed by atoms with Gasteiger partial charge in [-0.1, -0.05) is 30.3 Å². The van der Waals surface area contributed by atoms with E-state index < -0.39 is 23.5 Å². The lowest BCUT2D eigenvalue weighted by atomic mass is 10.00. The number of carbonyl (C=O) groups is 3. The second-order valence-electron chi connectivity index (χ2n) is 9.93. The Bertz CT molecular complexity index is 1960. The number of nitrogens with zero attached hydrogens (tertiary/aromatic N) is 2. The van der Waals surface area contributed by atoms with Gasteiger partial charge in [-0.25, -0.2) is 0 Å². The number of aromatic hydroxyl groups is 1. The van der Waals surface area contributed by atoms with Gasteiger partial charge in [0.2, 0.25) is 5.91 Å². The van der Waals surface area contributed by atoms with Gasteiger partial charge in [0.25, 0.3) is 11.8 Å². The highest BCUT2D eigenvalue weighted by molar-refractivity contribution is 6.14. The molecule has 46 heavy (non-hydrogen) atoms. The van der Waals surface area contributed by atoms with Gasteiger partial charge in [0, 0.05) is 16.5 Å². The minimum absolute atomic E-state index is 0.00775. The maximum Gasteiger partial charge on any atom is 0.259 e. The molecule has 0 aromatic heterocycles. The predicted molar refractivity (Wildman–Crippen MR) is 176 cm³/mol. The Labute approximate surface area is 264 Å². The van der Waals surface area contributed by atoms with E-state index in [0.717, 1.165) is 0 Å². The fourth-order valence-electron chi connectivity index (χ4n) is 4.68. The number of rotatable bonds is 11. The molecule has 0 heterocycles. The molecule has 232 valence electrons. The molecule has 0 bridgehead atoms. The molecule has 5 rings (SSSR count). The van der Waals surface area contributed by atoms with E-state index in [9.17, 15) is 19.5 Å². The van der Waals surface area contributed by atoms with Crippen LogP contribution in [0.5, 0.6) is 17.2 Å². The van der Waals surface area contributed by atoms with Crippen molar-refractivity contribution in [2.45, 2.75) is 13.8 Å². The lowest BCUT2D eigenvalue weighted by molar-refractivity contribution is 0.0996. The van der Waals surface area contributed by atoms with Crippen molar-refractivity contribution in [1.29, 1.82) is 0 Å². The van der Waals surface area contributed by atoms with Gasteiger partial charge >= 0.3 is 0 Å². The van der Waals surface area contributed by atoms with E-state index in [-0.39, 0.29) is 11.3 Å². The monoisotopic (exact) mass is 617 g/mol. The summed E-state index contributed by atoms with van der Waals surface area (Å²) in [7, 11) is 0. The van der Waals surface area contributed by atoms with Gasteiger partial charge in [-0.2, -0.15) is 5.11 Å². The molecule has 0 atom stereocenters. The Kier molecular flexibility index (Phi) is 9.52. The number of phenolic OH excluding ortho intramolecular Hbond substituents is 1. The summed E-state index contributed by atoms with van der Waals surface area (Å²) >= 11 is 0. The van der Waals surface area contributed by atoms with Crippen LogP contribution in [0.4, 0.5) is 22.7 Å². The van der Waals surface area contributed by atoms with Gasteiger partial charge in [-0.3, -0.25) is 14.4 Å². The third-order valence-electron chi connectivity index (χ3n) is 6.88. The van der Waals surface area contributed by atoms with Crippen molar-refractivity contribution < 1.29 is 29.0 Å². The molecule has 5 aromatic carbocycles. The van der Waals surface area contributed by atoms with Gasteiger partial charge in [0.05, 0.1) is 35.8 Å². The molecule has 11 heteroatoms. The summed E-state index contributed by atoms with van der Waals surface area (Å²) in [5, 5.41) is 26.4. The Morgan fingerprint density at radius 2 is 1.28 bits per heavy atom. The Balaban J connectivity index is 1.56. The van der Waals surface area contributed by atoms with Crippen LogP contribution in [0.2, 0.25) is 0 Å². The normalized spacial score (nSPS) is 10.9. The fourth-order valence-corrected chi connectivity index (χ4v) is 4.68. The Morgan fingerprint density at radius 1 is 0.717 bits per heavy atom. The van der Waals surface area contributed by atoms with Crippen LogP contribution >= 0.6 is 0 Å². The number of ether oxygens (including phenoxy) is 2. The first-order valence-electron chi connectivity index (χ1n) is 14.5. The maximum atomic E-state index is 13.6. The summed E-state index contributed by atoms with van der Waals surface area (Å²) < 4.78 is 11.3. The number of primary amides is 1. The van der Waals surface area contributed by atoms with E-state index in [0.29, 0.717) is 63.7 Å². The van der Waals surface area contributed by atoms with Gasteiger partial charge in [-0.05, 0) is 86.0 Å². The van der Waals surface area contributed by atoms with Crippen LogP contribution in [-0.4, -0.2) is 36.0 Å². The first-order valence-corrected chi connectivity index (χ1v) is 14.5. The van der Waals surface area contributed by atoms with Crippen molar-refractivity contribution in [2.24, 2.45) is 16.0 Å². The molecule has 3 amide bonds. The zero-order valence-electron chi connectivity index (χ0n) is 25.1. The first kappa shape index (κ1) is 31.2. The fraction of sp³-hybridized carbons (Fsp3) is 0.114. The Hall–Kier alpha value is -6.23. The molecule has 0 saturated carbocycles. The standard InChI is InChI=1S/C35H31N5O6/c1-3-45-29-11-7-5-9-27(29)37-34(43)22-15-18-25-23(19-22)20-26(35(44)38-28-10-6-8-12-30(28)46-4-2)32(41)31(25)40-39-24-16-13-21(14-17-24)33(36)42/h5-20,41H,3-4H2,1-2H3,(H2,36,42)(H,37,43)(H,38,44)/b40-39+. The molecule has 0 fully saturated rings. The lowest BCUT2D eigenvalue weighted by Gasteiger charge is -2.14. The van der Waals surface area contributed by atoms with Crippen molar-refractivity contribution in [3.8, 4) is 17.2 Å². The summed E-state index contributed by atoms with van der Waals surface area (Å²) in [6.45, 7) is 4.50. The van der Waals surface area contributed by atoms with E-state index in [1.807, 2.05) is 19.9 Å². The lowest BCUT2D eigenvalue weighted by Crippen LogP contribution is -2.14. The maximum absolute atomic E-state index is 13.6. The Morgan fingerprint density at radius 3 is 1.87 bits per heavy atom. The molecular formula is C35H31N5O6. The highest BCUT2D eigenvalue weighted by atomic mass is 16.5. The van der Waals surface area contributed by atoms with E-state index in [4.69, 9.17) is 15.2 Å². The molecule has 0 aliphatic rings. The van der Waals surface area contributed by atoms with E-state index in [2.05, 4.69) is 20.9 Å². The predicted octanol–water partition coefficient (Wildman–Crippen LogP) is 7.36. The molecule has 0 radical (unpaired) electrons. The topological polar surface area (TPSA) is 165 Å². The molecule has 11 nitrogen and oxygen atoms in total. The molecule has 0 aliphatic carbocycles. The average molecular weight is 618 g/mol. The number of nitrogens with one attached hydrogen (secondary N) is 2. The van der Waals surface area contributed by atoms with Crippen LogP contribution in [0.3, 0.4) is 0 Å². The van der Waals surface area contributed by atoms with Crippen molar-refractivity contribution in [2.75, 3.05) is 23.8 Å². The number of azo groups is 1. The van der Waals surface area contributed by atoms with Crippen molar-refractivity contribution in [3.05, 3.63) is 114 Å². The average Bonchev–Trinajstić information content (AvgIpc) is 3.06. The quantitative estimate of drug-likeness (QED) is 0.113. The molecule has 0 saturated heterocycles. The summed E-state index contributed by atoms with van der Waals surface area (Å²) in [5.74, 6) is -1.05. The molecule has 5 aromatic rings. The zero-order valence-corrected chi connectivity index (χ0v) is 25.1. The molecule has 5 N–H and O–H groups in total. The molecule has 0 spiro atoms. The third-order valence-corrected chi connectivity index (χ3v) is 6.88. The van der Waals surface area contributed by atoms with E-state index in [1.54, 1.807) is 72.8 Å². The molecule has 0 aliphatic heterocycles. The van der Waals surface area contributed by atoms with Crippen molar-refractivity contribution >= 4 is 51.2 Å². The number of fused-ring (bicyclic) bond motifs is 1. The second-order valence-corrected chi connectivity index (χ2v) is 9.93. The highest BCUT2D eigenvalue weighted by Gasteiger charge is 2.21. The third kappa shape index (κ3) is 6.94. The number of nitrogens with two attached hydrogens (primary N) is 1. The number of anilines is 2. The second kappa shape index (κ2) is 14.0. The zero-order chi connectivity index (χ0) is 32.6. The van der Waals surface area contributed by atoms with Crippen LogP contribution in [0.15, 0.2) is 107 Å². The molecular weight excluding hydrogens is 586 g/mol. The molecule has 0 unspecified atom stereocenters. The first-order chi connectivity index (χ1) is 22.3. The smallest absolute Gasteiger partial charge is 0.259 e. The van der Waals surface area contributed by atoms with Crippen molar-refractivity contribution in [1.82, 2.24) is 0 Å². The minimum atomic E-state index is -0.630. The van der Waals surface area contributed by atoms with Gasteiger partial charge in [0.1, 0.15) is 17.2 Å². The van der Waals surface area contributed by atoms with Crippen LogP contribution in [0.25, 0.3) is 10.8 Å². The van der Waals surface area contributed by atoms with E-state index in [1.165, 1.54) is 18.2 Å². The summed E-state index contributed by atoms with van der Waals surface area (Å²) in [6.07, 6.45) is 0. The minimum Gasteiger partial charge on any atom is -0.505 e. The number of amides is 3. The highest BCUT2D eigenvalue weighted by Crippen LogP contribution is 2.40. The summed E-state index contributed by atoms with van der Waals surface area (Å²) in [5.41, 5.74) is 7.12. The summed E-state index contributed by atoms with van der Waals surface area (Å²) in [4.78, 5) is 38.4. The SMILES string of the molecule is CCOc1ccccc1NC(=O)c1ccc2c(/N=N/c3ccc(C(N)=O)cc3)c(O)c(C(=O)Nc3ccccc3OCC)cc2c1. The number of para-hydroxylation sites is 4. The van der Waals surface area contributed by atoms with E-state index >= 15 is 0 Å².